The topological polar surface area (TPSA) is 95.5 Å². The summed E-state index contributed by atoms with van der Waals surface area (Å²) in [6.45, 7) is 5.76. The molecule has 158 valence electrons. The van der Waals surface area contributed by atoms with E-state index >= 15 is 0 Å². The van der Waals surface area contributed by atoms with E-state index in [2.05, 4.69) is 36.1 Å². The van der Waals surface area contributed by atoms with Crippen LogP contribution in [0.25, 0.3) is 0 Å². The maximum atomic E-state index is 11.0. The van der Waals surface area contributed by atoms with Crippen molar-refractivity contribution in [1.82, 2.24) is 19.9 Å². The zero-order valence-electron chi connectivity index (χ0n) is 17.2. The van der Waals surface area contributed by atoms with Crippen molar-refractivity contribution in [3.8, 4) is 5.75 Å². The molecule has 1 aliphatic rings. The van der Waals surface area contributed by atoms with Gasteiger partial charge in [-0.3, -0.25) is 15.0 Å². The normalized spacial score (nSPS) is 22.0. The van der Waals surface area contributed by atoms with Crippen molar-refractivity contribution in [2.24, 2.45) is 0 Å². The number of ether oxygens (including phenoxy) is 2. The number of hydrogen-bond acceptors (Lipinski definition) is 7. The van der Waals surface area contributed by atoms with Crippen molar-refractivity contribution in [1.29, 1.82) is 0 Å². The average Bonchev–Trinajstić information content (AvgIpc) is 3.14. The Bertz CT molecular complexity index is 812. The summed E-state index contributed by atoms with van der Waals surface area (Å²) in [6, 6.07) is 6.83. The van der Waals surface area contributed by atoms with E-state index in [-0.39, 0.29) is 24.1 Å². The number of benzene rings is 1. The first-order valence-corrected chi connectivity index (χ1v) is 10.1. The minimum absolute atomic E-state index is 0.0375. The van der Waals surface area contributed by atoms with Crippen molar-refractivity contribution < 1.29 is 14.4 Å². The number of rotatable bonds is 9. The predicted molar refractivity (Wildman–Crippen MR) is 108 cm³/mol. The van der Waals surface area contributed by atoms with Crippen LogP contribution in [0.3, 0.4) is 0 Å². The van der Waals surface area contributed by atoms with E-state index < -0.39 is 4.92 Å². The predicted octanol–water partition coefficient (Wildman–Crippen LogP) is 3.04. The van der Waals surface area contributed by atoms with E-state index in [0.717, 1.165) is 31.5 Å². The highest BCUT2D eigenvalue weighted by molar-refractivity contribution is 5.45. The molecule has 9 nitrogen and oxygen atoms in total. The second-order valence-electron chi connectivity index (χ2n) is 7.56. The van der Waals surface area contributed by atoms with Gasteiger partial charge in [-0.2, -0.15) is 0 Å². The molecule has 9 heteroatoms. The highest BCUT2D eigenvalue weighted by Crippen LogP contribution is 2.26. The molecule has 0 saturated carbocycles. The van der Waals surface area contributed by atoms with E-state index in [1.165, 1.54) is 6.07 Å². The number of aromatic nitrogens is 3. The van der Waals surface area contributed by atoms with Gasteiger partial charge in [0.15, 0.2) is 5.75 Å². The molecule has 0 radical (unpaired) electrons. The fourth-order valence-corrected chi connectivity index (χ4v) is 3.73. The van der Waals surface area contributed by atoms with Gasteiger partial charge in [-0.25, -0.2) is 4.68 Å². The van der Waals surface area contributed by atoms with E-state index in [1.807, 2.05) is 6.20 Å². The SMILES string of the molecule is CCC1C[C@@H](N(C)Cc2cn(CCOc3ccccc3[N+](=O)[O-])nn2)C[C@@H](C)O1. The van der Waals surface area contributed by atoms with E-state index in [0.29, 0.717) is 18.7 Å². The summed E-state index contributed by atoms with van der Waals surface area (Å²) in [5.74, 6) is 0.261. The van der Waals surface area contributed by atoms with Gasteiger partial charge in [0.2, 0.25) is 0 Å². The van der Waals surface area contributed by atoms with Crippen LogP contribution in [0.5, 0.6) is 5.75 Å². The number of hydrogen-bond donors (Lipinski definition) is 0. The minimum Gasteiger partial charge on any atom is -0.485 e. The molecule has 0 aliphatic carbocycles. The van der Waals surface area contributed by atoms with Gasteiger partial charge in [-0.15, -0.1) is 5.10 Å². The summed E-state index contributed by atoms with van der Waals surface area (Å²) in [5, 5.41) is 19.4. The van der Waals surface area contributed by atoms with Gasteiger partial charge in [-0.1, -0.05) is 24.3 Å². The Morgan fingerprint density at radius 1 is 1.38 bits per heavy atom. The highest BCUT2D eigenvalue weighted by atomic mass is 16.6. The molecule has 29 heavy (non-hydrogen) atoms. The molecule has 3 rings (SSSR count). The lowest BCUT2D eigenvalue weighted by Crippen LogP contribution is -2.42. The Hall–Kier alpha value is -2.52. The molecule has 0 amide bonds. The Balaban J connectivity index is 1.50. The third-order valence-corrected chi connectivity index (χ3v) is 5.28. The van der Waals surface area contributed by atoms with Gasteiger partial charge in [0.25, 0.3) is 0 Å². The largest absolute Gasteiger partial charge is 0.485 e. The molecule has 0 spiro atoms. The van der Waals surface area contributed by atoms with E-state index in [9.17, 15) is 10.1 Å². The Kier molecular flexibility index (Phi) is 7.16. The number of para-hydroxylation sites is 2. The molecular formula is C20H29N5O4. The molecule has 3 atom stereocenters. The van der Waals surface area contributed by atoms with E-state index in [1.54, 1.807) is 22.9 Å². The van der Waals surface area contributed by atoms with Crippen LogP contribution in [0.2, 0.25) is 0 Å². The maximum absolute atomic E-state index is 11.0. The highest BCUT2D eigenvalue weighted by Gasteiger charge is 2.28. The van der Waals surface area contributed by atoms with Crippen molar-refractivity contribution in [3.05, 3.63) is 46.3 Å². The summed E-state index contributed by atoms with van der Waals surface area (Å²) in [4.78, 5) is 12.9. The molecule has 2 aromatic rings. The van der Waals surface area contributed by atoms with Crippen LogP contribution in [-0.4, -0.2) is 56.7 Å². The summed E-state index contributed by atoms with van der Waals surface area (Å²) in [5.41, 5.74) is 0.856. The third-order valence-electron chi connectivity index (χ3n) is 5.28. The first-order chi connectivity index (χ1) is 14.0. The fraction of sp³-hybridized carbons (Fsp3) is 0.600. The van der Waals surface area contributed by atoms with Gasteiger partial charge in [0.1, 0.15) is 6.61 Å². The quantitative estimate of drug-likeness (QED) is 0.469. The molecule has 1 aliphatic heterocycles. The lowest BCUT2D eigenvalue weighted by molar-refractivity contribution is -0.385. The fourth-order valence-electron chi connectivity index (χ4n) is 3.73. The molecule has 1 unspecified atom stereocenters. The number of nitro groups is 1. The lowest BCUT2D eigenvalue weighted by atomic mass is 9.96. The van der Waals surface area contributed by atoms with Crippen LogP contribution < -0.4 is 4.74 Å². The summed E-state index contributed by atoms with van der Waals surface area (Å²) in [7, 11) is 2.12. The number of nitro benzene ring substituents is 1. The van der Waals surface area contributed by atoms with Crippen LogP contribution in [0.15, 0.2) is 30.5 Å². The monoisotopic (exact) mass is 403 g/mol. The molecule has 1 aromatic heterocycles. The molecule has 1 fully saturated rings. The molecule has 2 heterocycles. The van der Waals surface area contributed by atoms with Crippen molar-refractivity contribution >= 4 is 5.69 Å². The van der Waals surface area contributed by atoms with Gasteiger partial charge in [0, 0.05) is 24.8 Å². The van der Waals surface area contributed by atoms with Crippen molar-refractivity contribution in [2.75, 3.05) is 13.7 Å². The Labute approximate surface area is 170 Å². The van der Waals surface area contributed by atoms with Crippen molar-refractivity contribution in [2.45, 2.75) is 64.4 Å². The van der Waals surface area contributed by atoms with Crippen molar-refractivity contribution in [3.63, 3.8) is 0 Å². The first-order valence-electron chi connectivity index (χ1n) is 10.1. The first kappa shape index (κ1) is 21.2. The lowest BCUT2D eigenvalue weighted by Gasteiger charge is -2.38. The van der Waals surface area contributed by atoms with Gasteiger partial charge >= 0.3 is 5.69 Å². The molecule has 1 saturated heterocycles. The van der Waals surface area contributed by atoms with Gasteiger partial charge in [0.05, 0.1) is 29.4 Å². The second kappa shape index (κ2) is 9.80. The summed E-state index contributed by atoms with van der Waals surface area (Å²) >= 11 is 0. The van der Waals surface area contributed by atoms with Crippen LogP contribution in [0.4, 0.5) is 5.69 Å². The summed E-state index contributed by atoms with van der Waals surface area (Å²) < 4.78 is 13.2. The second-order valence-corrected chi connectivity index (χ2v) is 7.56. The minimum atomic E-state index is -0.445. The molecule has 0 N–H and O–H groups in total. The molecule has 1 aromatic carbocycles. The maximum Gasteiger partial charge on any atom is 0.310 e. The van der Waals surface area contributed by atoms with Crippen LogP contribution >= 0.6 is 0 Å². The zero-order valence-corrected chi connectivity index (χ0v) is 17.2. The van der Waals surface area contributed by atoms with Crippen LogP contribution in [0, 0.1) is 10.1 Å². The molecule has 0 bridgehead atoms. The van der Waals surface area contributed by atoms with Crippen LogP contribution in [0.1, 0.15) is 38.8 Å². The van der Waals surface area contributed by atoms with E-state index in [4.69, 9.17) is 9.47 Å². The standard InChI is InChI=1S/C20H29N5O4/c1-4-18-12-17(11-15(2)29-18)23(3)13-16-14-24(22-21-16)9-10-28-20-8-6-5-7-19(20)25(26)27/h5-8,14-15,17-18H,4,9-13H2,1-3H3/t15-,17+,18?/m1/s1. The zero-order chi connectivity index (χ0) is 20.8. The Morgan fingerprint density at radius 3 is 2.93 bits per heavy atom. The van der Waals surface area contributed by atoms with Crippen LogP contribution in [-0.2, 0) is 17.8 Å². The average molecular weight is 403 g/mol. The van der Waals surface area contributed by atoms with Gasteiger partial charge in [-0.05, 0) is 39.3 Å². The van der Waals surface area contributed by atoms with Gasteiger partial charge < -0.3 is 9.47 Å². The molecular weight excluding hydrogens is 374 g/mol. The third kappa shape index (κ3) is 5.74. The smallest absolute Gasteiger partial charge is 0.310 e. The Morgan fingerprint density at radius 2 is 2.17 bits per heavy atom. The number of nitrogens with zero attached hydrogens (tertiary/aromatic N) is 5. The summed E-state index contributed by atoms with van der Waals surface area (Å²) in [6.07, 6.45) is 5.58.